The fraction of sp³-hybridized carbons (Fsp3) is 0.962. The summed E-state index contributed by atoms with van der Waals surface area (Å²) >= 11 is 0. The van der Waals surface area contributed by atoms with Gasteiger partial charge in [-0.2, -0.15) is 0 Å². The number of carbonyl (C=O) groups is 1. The van der Waals surface area contributed by atoms with Gasteiger partial charge in [0.1, 0.15) is 97.6 Å². The maximum Gasteiger partial charge on any atom is 0.217 e. The third-order valence-electron chi connectivity index (χ3n) is 8.61. The zero-order chi connectivity index (χ0) is 35.6. The van der Waals surface area contributed by atoms with Gasteiger partial charge in [0.25, 0.3) is 0 Å². The lowest BCUT2D eigenvalue weighted by Crippen LogP contribution is -2.68. The number of ether oxygens (including phenoxy) is 7. The summed E-state index contributed by atoms with van der Waals surface area (Å²) < 4.78 is 38.6. The molecule has 0 aromatic carbocycles. The molecule has 4 rings (SSSR count). The van der Waals surface area contributed by atoms with E-state index in [9.17, 15) is 71.2 Å². The second-order valence-electron chi connectivity index (χ2n) is 11.9. The van der Waals surface area contributed by atoms with Gasteiger partial charge >= 0.3 is 0 Å². The quantitative estimate of drug-likeness (QED) is 0.0947. The number of rotatable bonds is 11. The number of nitrogens with one attached hydrogen (secondary N) is 1. The molecule has 22 heteroatoms. The Morgan fingerprint density at radius 1 is 0.500 bits per heavy atom. The molecule has 0 aliphatic carbocycles. The zero-order valence-electron chi connectivity index (χ0n) is 25.5. The molecule has 4 heterocycles. The van der Waals surface area contributed by atoms with Crippen LogP contribution in [-0.2, 0) is 38.0 Å². The van der Waals surface area contributed by atoms with Gasteiger partial charge in [-0.15, -0.1) is 0 Å². The molecule has 4 fully saturated rings. The highest BCUT2D eigenvalue weighted by atomic mass is 16.8. The summed E-state index contributed by atoms with van der Waals surface area (Å²) in [5.41, 5.74) is 0. The minimum atomic E-state index is -2.06. The van der Waals surface area contributed by atoms with Crippen molar-refractivity contribution in [3.05, 3.63) is 0 Å². The SMILES string of the molecule is CC(=O)NC1C(O)OC(CO)C(OC2OC(CO)C(O)C(OC3OC(CO)C(O)C(O)C3OC3OC(CO)C(O)C(O)C3O)C2O)C1O. The highest BCUT2D eigenvalue weighted by Gasteiger charge is 2.55. The van der Waals surface area contributed by atoms with Gasteiger partial charge < -0.3 is 105 Å². The van der Waals surface area contributed by atoms with E-state index in [1.165, 1.54) is 0 Å². The molecule has 0 spiro atoms. The van der Waals surface area contributed by atoms with E-state index in [0.29, 0.717) is 0 Å². The van der Waals surface area contributed by atoms with Gasteiger partial charge in [0.05, 0.1) is 26.4 Å². The van der Waals surface area contributed by atoms with Crippen molar-refractivity contribution in [1.82, 2.24) is 5.32 Å². The first kappa shape index (κ1) is 39.5. The molecule has 14 N–H and O–H groups in total. The highest BCUT2D eigenvalue weighted by Crippen LogP contribution is 2.34. The predicted octanol–water partition coefficient (Wildman–Crippen LogP) is -9.61. The second kappa shape index (κ2) is 16.8. The van der Waals surface area contributed by atoms with Crippen LogP contribution < -0.4 is 5.32 Å². The van der Waals surface area contributed by atoms with Crippen LogP contribution in [0, 0.1) is 0 Å². The maximum atomic E-state index is 11.6. The van der Waals surface area contributed by atoms with Gasteiger partial charge in [-0.05, 0) is 0 Å². The fourth-order valence-electron chi connectivity index (χ4n) is 5.92. The summed E-state index contributed by atoms with van der Waals surface area (Å²) in [6.45, 7) is -2.38. The van der Waals surface area contributed by atoms with Gasteiger partial charge in [0, 0.05) is 6.92 Å². The number of hydrogen-bond acceptors (Lipinski definition) is 21. The predicted molar refractivity (Wildman–Crippen MR) is 145 cm³/mol. The first-order valence-electron chi connectivity index (χ1n) is 15.1. The molecule has 0 radical (unpaired) electrons. The molecule has 0 aromatic heterocycles. The molecule has 20 unspecified atom stereocenters. The van der Waals surface area contributed by atoms with E-state index in [1.807, 2.05) is 0 Å². The summed E-state index contributed by atoms with van der Waals surface area (Å²) in [5, 5.41) is 137. The summed E-state index contributed by atoms with van der Waals surface area (Å²) in [6, 6.07) is -1.47. The molecule has 0 bridgehead atoms. The van der Waals surface area contributed by atoms with Crippen molar-refractivity contribution in [2.45, 2.75) is 130 Å². The van der Waals surface area contributed by atoms with Crippen LogP contribution in [0.25, 0.3) is 0 Å². The van der Waals surface area contributed by atoms with Gasteiger partial charge in [0.15, 0.2) is 25.2 Å². The Hall–Kier alpha value is -1.33. The van der Waals surface area contributed by atoms with E-state index in [2.05, 4.69) is 5.32 Å². The second-order valence-corrected chi connectivity index (χ2v) is 11.9. The number of hydrogen-bond donors (Lipinski definition) is 14. The van der Waals surface area contributed by atoms with Gasteiger partial charge in [0.2, 0.25) is 5.91 Å². The van der Waals surface area contributed by atoms with Gasteiger partial charge in [-0.3, -0.25) is 4.79 Å². The van der Waals surface area contributed by atoms with Crippen molar-refractivity contribution in [3.63, 3.8) is 0 Å². The Morgan fingerprint density at radius 2 is 0.958 bits per heavy atom. The molecule has 280 valence electrons. The summed E-state index contributed by atoms with van der Waals surface area (Å²) in [5.74, 6) is -0.671. The Morgan fingerprint density at radius 3 is 1.50 bits per heavy atom. The van der Waals surface area contributed by atoms with E-state index in [-0.39, 0.29) is 0 Å². The van der Waals surface area contributed by atoms with Crippen LogP contribution >= 0.6 is 0 Å². The maximum absolute atomic E-state index is 11.6. The molecule has 4 aliphatic heterocycles. The van der Waals surface area contributed by atoms with Crippen LogP contribution in [-0.4, -0.2) is 221 Å². The molecular formula is C26H45NO21. The Bertz CT molecular complexity index is 1030. The minimum Gasteiger partial charge on any atom is -0.394 e. The number of carbonyl (C=O) groups excluding carboxylic acids is 1. The van der Waals surface area contributed by atoms with Gasteiger partial charge in [-0.25, -0.2) is 0 Å². The fourth-order valence-corrected chi connectivity index (χ4v) is 5.92. The molecule has 4 saturated heterocycles. The molecule has 1 amide bonds. The third-order valence-corrected chi connectivity index (χ3v) is 8.61. The average Bonchev–Trinajstić information content (AvgIpc) is 3.06. The smallest absolute Gasteiger partial charge is 0.217 e. The van der Waals surface area contributed by atoms with Crippen molar-refractivity contribution in [3.8, 4) is 0 Å². The van der Waals surface area contributed by atoms with Crippen LogP contribution in [0.15, 0.2) is 0 Å². The van der Waals surface area contributed by atoms with Crippen LogP contribution in [0.4, 0.5) is 0 Å². The van der Waals surface area contributed by atoms with Crippen molar-refractivity contribution < 1.29 is 104 Å². The monoisotopic (exact) mass is 707 g/mol. The summed E-state index contributed by atoms with van der Waals surface area (Å²) in [7, 11) is 0. The van der Waals surface area contributed by atoms with Gasteiger partial charge in [-0.1, -0.05) is 0 Å². The first-order valence-corrected chi connectivity index (χ1v) is 15.1. The first-order chi connectivity index (χ1) is 22.7. The van der Waals surface area contributed by atoms with Crippen molar-refractivity contribution in [1.29, 1.82) is 0 Å². The minimum absolute atomic E-state index is 0.671. The Kier molecular flexibility index (Phi) is 13.8. The molecule has 0 saturated carbocycles. The number of aliphatic hydroxyl groups excluding tert-OH is 13. The largest absolute Gasteiger partial charge is 0.394 e. The Balaban J connectivity index is 1.59. The Labute approximate surface area is 272 Å². The average molecular weight is 708 g/mol. The van der Waals surface area contributed by atoms with Crippen LogP contribution in [0.3, 0.4) is 0 Å². The van der Waals surface area contributed by atoms with Crippen LogP contribution in [0.2, 0.25) is 0 Å². The topological polar surface area (TPSA) is 357 Å². The van der Waals surface area contributed by atoms with E-state index in [0.717, 1.165) is 6.92 Å². The normalized spacial score (nSPS) is 50.2. The molecule has 20 atom stereocenters. The summed E-state index contributed by atoms with van der Waals surface area (Å²) in [6.07, 6.45) is -34.2. The lowest BCUT2D eigenvalue weighted by atomic mass is 9.95. The van der Waals surface area contributed by atoms with E-state index in [1.54, 1.807) is 0 Å². The number of aliphatic hydroxyl groups is 13. The molecule has 22 nitrogen and oxygen atoms in total. The highest BCUT2D eigenvalue weighted by molar-refractivity contribution is 5.73. The summed E-state index contributed by atoms with van der Waals surface area (Å²) in [4.78, 5) is 11.6. The molecule has 0 aromatic rings. The van der Waals surface area contributed by atoms with E-state index < -0.39 is 155 Å². The van der Waals surface area contributed by atoms with Crippen molar-refractivity contribution >= 4 is 5.91 Å². The lowest BCUT2D eigenvalue weighted by molar-refractivity contribution is -0.394. The molecule has 4 aliphatic rings. The van der Waals surface area contributed by atoms with E-state index >= 15 is 0 Å². The zero-order valence-corrected chi connectivity index (χ0v) is 25.5. The molecule has 48 heavy (non-hydrogen) atoms. The van der Waals surface area contributed by atoms with Crippen LogP contribution in [0.1, 0.15) is 6.92 Å². The van der Waals surface area contributed by atoms with E-state index in [4.69, 9.17) is 33.2 Å². The van der Waals surface area contributed by atoms with Crippen LogP contribution in [0.5, 0.6) is 0 Å². The van der Waals surface area contributed by atoms with Crippen molar-refractivity contribution in [2.75, 3.05) is 26.4 Å². The number of amides is 1. The standard InChI is InChI=1S/C26H45NO21/c1-6(32)27-11-15(36)20(10(5-31)42-23(11)41)46-25-19(40)21(14(35)9(4-30)44-25)47-26-22(17(38)13(34)8(3-29)45-26)48-24-18(39)16(37)12(33)7(2-28)43-24/h7-26,28-31,33-41H,2-5H2,1H3,(H,27,32). The third kappa shape index (κ3) is 8.08. The molecular weight excluding hydrogens is 662 g/mol. The lowest BCUT2D eigenvalue weighted by Gasteiger charge is -2.49. The van der Waals surface area contributed by atoms with Crippen molar-refractivity contribution in [2.24, 2.45) is 0 Å².